The van der Waals surface area contributed by atoms with E-state index in [1.165, 1.54) is 136 Å². The average molecular weight is 1030 g/mol. The lowest BCUT2D eigenvalue weighted by molar-refractivity contribution is 0.332. The van der Waals surface area contributed by atoms with E-state index < -0.39 is 8.07 Å². The summed E-state index contributed by atoms with van der Waals surface area (Å²) in [7, 11) is -1.98. The lowest BCUT2D eigenvalue weighted by Gasteiger charge is -2.50. The second-order valence-electron chi connectivity index (χ2n) is 30.3. The van der Waals surface area contributed by atoms with Crippen molar-refractivity contribution >= 4 is 91.2 Å². The maximum atomic E-state index is 2.90. The van der Waals surface area contributed by atoms with Crippen molar-refractivity contribution in [3.05, 3.63) is 142 Å². The van der Waals surface area contributed by atoms with E-state index in [1.807, 2.05) is 0 Å². The Balaban J connectivity index is 1.30. The van der Waals surface area contributed by atoms with Gasteiger partial charge in [0, 0.05) is 33.0 Å². The van der Waals surface area contributed by atoms with Gasteiger partial charge in [0.05, 0.1) is 18.8 Å². The zero-order valence-corrected chi connectivity index (χ0v) is 51.2. The molecular formula is C70H85BN2SSi. The van der Waals surface area contributed by atoms with Crippen LogP contribution in [0.5, 0.6) is 0 Å². The normalized spacial score (nSPS) is 20.2. The van der Waals surface area contributed by atoms with Gasteiger partial charge < -0.3 is 9.80 Å². The topological polar surface area (TPSA) is 6.48 Å². The van der Waals surface area contributed by atoms with Gasteiger partial charge in [-0.3, -0.25) is 0 Å². The molecule has 0 atom stereocenters. The highest BCUT2D eigenvalue weighted by molar-refractivity contribution is 7.26. The number of anilines is 6. The number of hydrogen-bond acceptors (Lipinski definition) is 3. The number of thiophene rings is 1. The van der Waals surface area contributed by atoms with Crippen molar-refractivity contribution < 1.29 is 0 Å². The minimum atomic E-state index is -1.98. The quantitative estimate of drug-likeness (QED) is 0.162. The van der Waals surface area contributed by atoms with Crippen LogP contribution in [0.25, 0.3) is 21.2 Å². The molecule has 388 valence electrons. The first-order valence-corrected chi connectivity index (χ1v) is 33.1. The van der Waals surface area contributed by atoms with Crippen molar-refractivity contribution in [1.29, 1.82) is 0 Å². The Kier molecular flexibility index (Phi) is 11.0. The zero-order valence-electron chi connectivity index (χ0n) is 49.4. The van der Waals surface area contributed by atoms with Crippen LogP contribution in [0.4, 0.5) is 33.4 Å². The molecule has 0 saturated carbocycles. The molecule has 0 unspecified atom stereocenters. The fourth-order valence-electron chi connectivity index (χ4n) is 14.7. The number of aryl methyl sites for hydroxylation is 1. The van der Waals surface area contributed by atoms with Crippen molar-refractivity contribution in [3.8, 4) is 11.1 Å². The smallest absolute Gasteiger partial charge is 0.254 e. The van der Waals surface area contributed by atoms with Gasteiger partial charge in [0.1, 0.15) is 0 Å². The zero-order chi connectivity index (χ0) is 53.7. The molecule has 0 saturated heterocycles. The maximum Gasteiger partial charge on any atom is 0.254 e. The van der Waals surface area contributed by atoms with Crippen LogP contribution < -0.4 is 31.4 Å². The Bertz CT molecular complexity index is 3550. The van der Waals surface area contributed by atoms with Crippen molar-refractivity contribution in [1.82, 2.24) is 0 Å². The van der Waals surface area contributed by atoms with Gasteiger partial charge in [0.2, 0.25) is 0 Å². The summed E-state index contributed by atoms with van der Waals surface area (Å²) < 4.78 is 1.42. The molecule has 0 N–H and O–H groups in total. The number of rotatable bonds is 4. The van der Waals surface area contributed by atoms with Crippen molar-refractivity contribution in [2.24, 2.45) is 0 Å². The van der Waals surface area contributed by atoms with E-state index in [0.717, 1.165) is 6.42 Å². The largest absolute Gasteiger partial charge is 0.311 e. The fraction of sp³-hybridized carbons (Fsp3) is 0.457. The van der Waals surface area contributed by atoms with Crippen LogP contribution in [0.1, 0.15) is 187 Å². The molecular weight excluding hydrogens is 940 g/mol. The molecule has 0 fully saturated rings. The Hall–Kier alpha value is -4.84. The van der Waals surface area contributed by atoms with E-state index in [1.54, 1.807) is 16.7 Å². The Morgan fingerprint density at radius 3 is 1.61 bits per heavy atom. The van der Waals surface area contributed by atoms with Gasteiger partial charge in [0.25, 0.3) is 6.71 Å². The average Bonchev–Trinajstić information content (AvgIpc) is 3.70. The Labute approximate surface area is 457 Å². The SMILES string of the molecule is Cc1cc(C(C)(C)C)ccc1N1c2cc([Si](C)(C)C)cc3c2B(c2ccc4c(c2N3c2cc3c(cc2-c2ccccc2)C(C)(C)CCC3(C)C)C(C)(C)CCC4(C)C)c2c1sc1cc3c(cc21)C(C)(C)CCC3(C)C. The van der Waals surface area contributed by atoms with Gasteiger partial charge in [-0.25, -0.2) is 0 Å². The van der Waals surface area contributed by atoms with E-state index in [2.05, 4.69) is 249 Å². The number of benzene rings is 6. The number of hydrogen-bond donors (Lipinski definition) is 0. The third kappa shape index (κ3) is 7.63. The van der Waals surface area contributed by atoms with Crippen molar-refractivity contribution in [3.63, 3.8) is 0 Å². The van der Waals surface area contributed by atoms with E-state index in [-0.39, 0.29) is 44.6 Å². The standard InChI is InChI=1S/C70H85BN2SSi/c1-42-35-44(64(2,3)4)25-28-54(42)73-57-37-45(75(17,18)19)36-56-61(57)71(60-47-39-50-52(41-58(47)74-63(60)73)69(13,14)32-30-67(50,9)10)53-27-26-48-59(70(15,16)34-33-65(48,5)6)62(53)72(56)55-40-51-49(66(7,8)29-31-68(51,11)12)38-46(55)43-23-21-20-22-24-43/h20-28,35-41H,29-34H2,1-19H3. The van der Waals surface area contributed by atoms with Crippen LogP contribution in [0.2, 0.25) is 19.6 Å². The number of nitrogens with zero attached hydrogens (tertiary/aromatic N) is 2. The lowest BCUT2D eigenvalue weighted by Crippen LogP contribution is -2.62. The molecule has 0 amide bonds. The third-order valence-electron chi connectivity index (χ3n) is 20.1. The fourth-order valence-corrected chi connectivity index (χ4v) is 17.2. The highest BCUT2D eigenvalue weighted by atomic mass is 32.1. The molecule has 3 aliphatic carbocycles. The Morgan fingerprint density at radius 1 is 0.507 bits per heavy atom. The van der Waals surface area contributed by atoms with E-state index in [4.69, 9.17) is 0 Å². The van der Waals surface area contributed by atoms with E-state index >= 15 is 0 Å². The Morgan fingerprint density at radius 2 is 1.04 bits per heavy atom. The monoisotopic (exact) mass is 1020 g/mol. The molecule has 75 heavy (non-hydrogen) atoms. The molecule has 5 heteroatoms. The molecule has 3 heterocycles. The summed E-state index contributed by atoms with van der Waals surface area (Å²) >= 11 is 2.06. The maximum absolute atomic E-state index is 2.90. The van der Waals surface area contributed by atoms with Gasteiger partial charge in [-0.15, -0.1) is 11.3 Å². The second-order valence-corrected chi connectivity index (χ2v) is 36.4. The predicted octanol–water partition coefficient (Wildman–Crippen LogP) is 17.8. The van der Waals surface area contributed by atoms with Crippen molar-refractivity contribution in [2.75, 3.05) is 9.80 Å². The van der Waals surface area contributed by atoms with Gasteiger partial charge in [0.15, 0.2) is 0 Å². The first-order valence-electron chi connectivity index (χ1n) is 28.8. The molecule has 0 radical (unpaired) electrons. The van der Waals surface area contributed by atoms with Crippen LogP contribution in [0.15, 0.2) is 97.1 Å². The van der Waals surface area contributed by atoms with Gasteiger partial charge in [-0.2, -0.15) is 0 Å². The highest BCUT2D eigenvalue weighted by Crippen LogP contribution is 2.58. The van der Waals surface area contributed by atoms with Gasteiger partial charge in [-0.05, 0) is 198 Å². The molecule has 2 nitrogen and oxygen atoms in total. The minimum absolute atomic E-state index is 0.0203. The van der Waals surface area contributed by atoms with Crippen molar-refractivity contribution in [2.45, 2.75) is 207 Å². The highest BCUT2D eigenvalue weighted by Gasteiger charge is 2.51. The summed E-state index contributed by atoms with van der Waals surface area (Å²) in [6.45, 7) is 47.4. The van der Waals surface area contributed by atoms with Crippen LogP contribution in [0.3, 0.4) is 0 Å². The molecule has 2 aliphatic heterocycles. The summed E-state index contributed by atoms with van der Waals surface area (Å²) in [5.41, 5.74) is 26.0. The van der Waals surface area contributed by atoms with Crippen LogP contribution in [-0.4, -0.2) is 14.8 Å². The summed E-state index contributed by atoms with van der Waals surface area (Å²) in [6, 6.07) is 40.3. The molecule has 7 aromatic rings. The minimum Gasteiger partial charge on any atom is -0.311 e. The first kappa shape index (κ1) is 50.9. The molecule has 0 spiro atoms. The van der Waals surface area contributed by atoms with Crippen LogP contribution >= 0.6 is 11.3 Å². The molecule has 1 aromatic heterocycles. The number of fused-ring (bicyclic) bond motifs is 10. The van der Waals surface area contributed by atoms with Gasteiger partial charge >= 0.3 is 0 Å². The van der Waals surface area contributed by atoms with Crippen LogP contribution in [0, 0.1) is 6.92 Å². The van der Waals surface area contributed by atoms with E-state index in [0.29, 0.717) is 0 Å². The summed E-state index contributed by atoms with van der Waals surface area (Å²) in [5.74, 6) is 0. The van der Waals surface area contributed by atoms with Crippen LogP contribution in [-0.2, 0) is 37.9 Å². The molecule has 0 bridgehead atoms. The first-order chi connectivity index (χ1) is 34.8. The predicted molar refractivity (Wildman–Crippen MR) is 334 cm³/mol. The molecule has 6 aromatic carbocycles. The molecule has 5 aliphatic rings. The lowest BCUT2D eigenvalue weighted by atomic mass is 9.33. The second kappa shape index (κ2) is 16.1. The summed E-state index contributed by atoms with van der Waals surface area (Å²) in [5, 5.41) is 4.35. The third-order valence-corrected chi connectivity index (χ3v) is 23.2. The summed E-state index contributed by atoms with van der Waals surface area (Å²) in [4.78, 5) is 5.68. The summed E-state index contributed by atoms with van der Waals surface area (Å²) in [6.07, 6.45) is 7.06. The van der Waals surface area contributed by atoms with E-state index in [9.17, 15) is 0 Å². The van der Waals surface area contributed by atoms with Gasteiger partial charge in [-0.1, -0.05) is 183 Å². The molecule has 12 rings (SSSR count).